The molecule has 114 valence electrons. The molecule has 8 heteroatoms. The molecule has 0 radical (unpaired) electrons. The molecule has 1 N–H and O–H groups in total. The molecule has 0 fully saturated rings. The first-order valence-corrected chi connectivity index (χ1v) is 8.47. The number of aromatic nitrogens is 3. The number of alkyl halides is 1. The van der Waals surface area contributed by atoms with E-state index in [9.17, 15) is 8.42 Å². The van der Waals surface area contributed by atoms with E-state index in [0.717, 1.165) is 5.69 Å². The fraction of sp³-hybridized carbons (Fsp3) is 0.385. The average molecular weight is 329 g/mol. The quantitative estimate of drug-likeness (QED) is 0.823. The molecule has 0 unspecified atom stereocenters. The SMILES string of the molecule is CCN(Cc1cccc(C)n1)S(=O)(=O)c1[nH]ncc1CCl. The molecule has 0 spiro atoms. The van der Waals surface area contributed by atoms with Crippen molar-refractivity contribution < 1.29 is 8.42 Å². The second-order valence-corrected chi connectivity index (χ2v) is 6.70. The van der Waals surface area contributed by atoms with E-state index in [-0.39, 0.29) is 17.5 Å². The zero-order valence-corrected chi connectivity index (χ0v) is 13.4. The number of pyridine rings is 1. The lowest BCUT2D eigenvalue weighted by atomic mass is 10.3. The van der Waals surface area contributed by atoms with Gasteiger partial charge in [0.2, 0.25) is 0 Å². The standard InChI is InChI=1S/C13H17ClN4O2S/c1-3-18(9-12-6-4-5-10(2)16-12)21(19,20)13-11(7-14)8-15-17-13/h4-6,8H,3,7,9H2,1-2H3,(H,15,17). The van der Waals surface area contributed by atoms with Gasteiger partial charge in [0.1, 0.15) is 0 Å². The van der Waals surface area contributed by atoms with Crippen LogP contribution in [0.5, 0.6) is 0 Å². The summed E-state index contributed by atoms with van der Waals surface area (Å²) in [6.07, 6.45) is 1.43. The molecule has 0 aliphatic carbocycles. The molecular formula is C13H17ClN4O2S. The van der Waals surface area contributed by atoms with Gasteiger partial charge in [-0.3, -0.25) is 10.1 Å². The highest BCUT2D eigenvalue weighted by atomic mass is 35.5. The summed E-state index contributed by atoms with van der Waals surface area (Å²) in [4.78, 5) is 4.34. The van der Waals surface area contributed by atoms with Crippen LogP contribution < -0.4 is 0 Å². The summed E-state index contributed by atoms with van der Waals surface area (Å²) in [7, 11) is -3.67. The summed E-state index contributed by atoms with van der Waals surface area (Å²) in [6, 6.07) is 5.54. The van der Waals surface area contributed by atoms with Gasteiger partial charge in [-0.2, -0.15) is 9.40 Å². The van der Waals surface area contributed by atoms with Gasteiger partial charge in [0, 0.05) is 17.8 Å². The van der Waals surface area contributed by atoms with Gasteiger partial charge in [0.25, 0.3) is 10.0 Å². The van der Waals surface area contributed by atoms with Gasteiger partial charge in [0.05, 0.1) is 24.3 Å². The smallest absolute Gasteiger partial charge is 0.260 e. The third kappa shape index (κ3) is 3.42. The number of H-pyrrole nitrogens is 1. The molecule has 0 aliphatic heterocycles. The number of rotatable bonds is 6. The monoisotopic (exact) mass is 328 g/mol. The Balaban J connectivity index is 2.32. The lowest BCUT2D eigenvalue weighted by Gasteiger charge is -2.19. The van der Waals surface area contributed by atoms with Crippen molar-refractivity contribution in [3.63, 3.8) is 0 Å². The Morgan fingerprint density at radius 1 is 1.38 bits per heavy atom. The van der Waals surface area contributed by atoms with E-state index in [0.29, 0.717) is 17.8 Å². The molecule has 2 aromatic heterocycles. The highest BCUT2D eigenvalue weighted by molar-refractivity contribution is 7.89. The predicted octanol–water partition coefficient (Wildman–Crippen LogP) is 2.06. The molecule has 0 amide bonds. The number of sulfonamides is 1. The zero-order chi connectivity index (χ0) is 15.5. The summed E-state index contributed by atoms with van der Waals surface area (Å²) in [5.41, 5.74) is 2.02. The molecule has 0 atom stereocenters. The van der Waals surface area contributed by atoms with Gasteiger partial charge >= 0.3 is 0 Å². The second-order valence-electron chi connectivity index (χ2n) is 4.56. The molecule has 0 saturated heterocycles. The number of aryl methyl sites for hydroxylation is 1. The van der Waals surface area contributed by atoms with Crippen LogP contribution in [0.1, 0.15) is 23.9 Å². The summed E-state index contributed by atoms with van der Waals surface area (Å²) >= 11 is 5.75. The third-order valence-corrected chi connectivity index (χ3v) is 5.28. The topological polar surface area (TPSA) is 79.0 Å². The van der Waals surface area contributed by atoms with Crippen LogP contribution in [0.3, 0.4) is 0 Å². The molecule has 0 saturated carbocycles. The van der Waals surface area contributed by atoms with E-state index in [1.165, 1.54) is 10.5 Å². The Morgan fingerprint density at radius 3 is 2.76 bits per heavy atom. The fourth-order valence-electron chi connectivity index (χ4n) is 1.98. The molecule has 2 rings (SSSR count). The number of nitrogens with zero attached hydrogens (tertiary/aromatic N) is 3. The zero-order valence-electron chi connectivity index (χ0n) is 11.9. The Labute approximate surface area is 129 Å². The van der Waals surface area contributed by atoms with Gasteiger partial charge in [0.15, 0.2) is 5.03 Å². The molecule has 0 aliphatic rings. The van der Waals surface area contributed by atoms with Crippen LogP contribution in [-0.2, 0) is 22.4 Å². The molecule has 21 heavy (non-hydrogen) atoms. The van der Waals surface area contributed by atoms with Gasteiger partial charge < -0.3 is 0 Å². The van der Waals surface area contributed by atoms with E-state index in [1.54, 1.807) is 13.0 Å². The molecule has 2 heterocycles. The summed E-state index contributed by atoms with van der Waals surface area (Å²) in [5, 5.41) is 6.34. The number of nitrogens with one attached hydrogen (secondary N) is 1. The second kappa shape index (κ2) is 6.55. The largest absolute Gasteiger partial charge is 0.266 e. The highest BCUT2D eigenvalue weighted by Crippen LogP contribution is 2.20. The van der Waals surface area contributed by atoms with Crippen molar-refractivity contribution in [2.45, 2.75) is 31.3 Å². The molecule has 6 nitrogen and oxygen atoms in total. The molecule has 0 bridgehead atoms. The average Bonchev–Trinajstić information content (AvgIpc) is 2.94. The van der Waals surface area contributed by atoms with Crippen LogP contribution in [0.2, 0.25) is 0 Å². The maximum atomic E-state index is 12.7. The number of hydrogen-bond acceptors (Lipinski definition) is 4. The normalized spacial score (nSPS) is 12.0. The van der Waals surface area contributed by atoms with Gasteiger partial charge in [-0.25, -0.2) is 8.42 Å². The summed E-state index contributed by atoms with van der Waals surface area (Å²) < 4.78 is 26.7. The maximum Gasteiger partial charge on any atom is 0.260 e. The first kappa shape index (κ1) is 15.9. The van der Waals surface area contributed by atoms with Crippen LogP contribution in [0.25, 0.3) is 0 Å². The molecular weight excluding hydrogens is 312 g/mol. The fourth-order valence-corrected chi connectivity index (χ4v) is 3.79. The Morgan fingerprint density at radius 2 is 2.14 bits per heavy atom. The lowest BCUT2D eigenvalue weighted by Crippen LogP contribution is -2.31. The van der Waals surface area contributed by atoms with Gasteiger partial charge in [-0.1, -0.05) is 13.0 Å². The van der Waals surface area contributed by atoms with Crippen LogP contribution in [-0.4, -0.2) is 34.4 Å². The van der Waals surface area contributed by atoms with Gasteiger partial charge in [-0.15, -0.1) is 11.6 Å². The summed E-state index contributed by atoms with van der Waals surface area (Å²) in [6.45, 7) is 4.19. The number of halogens is 1. The van der Waals surface area contributed by atoms with Crippen molar-refractivity contribution in [1.82, 2.24) is 19.5 Å². The maximum absolute atomic E-state index is 12.7. The van der Waals surface area contributed by atoms with Crippen molar-refractivity contribution in [3.8, 4) is 0 Å². The first-order chi connectivity index (χ1) is 9.98. The number of aromatic amines is 1. The van der Waals surface area contributed by atoms with Crippen molar-refractivity contribution in [3.05, 3.63) is 41.3 Å². The van der Waals surface area contributed by atoms with Crippen molar-refractivity contribution in [2.24, 2.45) is 0 Å². The van der Waals surface area contributed by atoms with Crippen molar-refractivity contribution in [2.75, 3.05) is 6.54 Å². The molecule has 0 aromatic carbocycles. The minimum atomic E-state index is -3.67. The van der Waals surface area contributed by atoms with Crippen LogP contribution in [0, 0.1) is 6.92 Å². The van der Waals surface area contributed by atoms with Gasteiger partial charge in [-0.05, 0) is 19.1 Å². The lowest BCUT2D eigenvalue weighted by molar-refractivity contribution is 0.416. The van der Waals surface area contributed by atoms with Crippen molar-refractivity contribution >= 4 is 21.6 Å². The minimum absolute atomic E-state index is 0.0482. The Kier molecular flexibility index (Phi) is 4.97. The Bertz CT molecular complexity index is 714. The van der Waals surface area contributed by atoms with Crippen molar-refractivity contribution in [1.29, 1.82) is 0 Å². The molecule has 2 aromatic rings. The first-order valence-electron chi connectivity index (χ1n) is 6.50. The third-order valence-electron chi connectivity index (χ3n) is 3.06. The van der Waals surface area contributed by atoms with E-state index < -0.39 is 10.0 Å². The predicted molar refractivity (Wildman–Crippen MR) is 80.4 cm³/mol. The number of hydrogen-bond donors (Lipinski definition) is 1. The van der Waals surface area contributed by atoms with E-state index in [2.05, 4.69) is 15.2 Å². The van der Waals surface area contributed by atoms with Crippen LogP contribution >= 0.6 is 11.6 Å². The Hall–Kier alpha value is -1.44. The van der Waals surface area contributed by atoms with E-state index in [1.807, 2.05) is 19.1 Å². The van der Waals surface area contributed by atoms with E-state index in [4.69, 9.17) is 11.6 Å². The minimum Gasteiger partial charge on any atom is -0.266 e. The van der Waals surface area contributed by atoms with Crippen LogP contribution in [0.15, 0.2) is 29.4 Å². The highest BCUT2D eigenvalue weighted by Gasteiger charge is 2.27. The van der Waals surface area contributed by atoms with E-state index >= 15 is 0 Å². The van der Waals surface area contributed by atoms with Crippen LogP contribution in [0.4, 0.5) is 0 Å². The summed E-state index contributed by atoms with van der Waals surface area (Å²) in [5.74, 6) is 0.0886.